The molecule has 0 aliphatic rings. The number of carbonyl (C=O) groups excluding carboxylic acids is 1. The number of hydrogen-bond donors (Lipinski definition) is 1. The maximum absolute atomic E-state index is 11.2. The monoisotopic (exact) mass is 276 g/mol. The van der Waals surface area contributed by atoms with E-state index in [0.717, 1.165) is 27.5 Å². The highest BCUT2D eigenvalue weighted by molar-refractivity contribution is 6.05. The van der Waals surface area contributed by atoms with Gasteiger partial charge in [-0.25, -0.2) is 0 Å². The molecule has 0 radical (unpaired) electrons. The zero-order chi connectivity index (χ0) is 15.0. The van der Waals surface area contributed by atoms with Gasteiger partial charge in [0.05, 0.1) is 5.56 Å². The molecule has 2 heteroatoms. The summed E-state index contributed by atoms with van der Waals surface area (Å²) in [7, 11) is 0. The van der Waals surface area contributed by atoms with Crippen molar-refractivity contribution in [2.24, 2.45) is 0 Å². The SMILES string of the molecule is Cc1ccc(-c2cc(C=O)c(O)c3cc(C)ccc23)cc1. The van der Waals surface area contributed by atoms with Crippen LogP contribution in [-0.2, 0) is 0 Å². The van der Waals surface area contributed by atoms with Gasteiger partial charge in [0.1, 0.15) is 5.75 Å². The van der Waals surface area contributed by atoms with Crippen LogP contribution in [-0.4, -0.2) is 11.4 Å². The predicted molar refractivity (Wildman–Crippen MR) is 85.9 cm³/mol. The van der Waals surface area contributed by atoms with E-state index in [1.54, 1.807) is 6.07 Å². The number of aldehydes is 1. The van der Waals surface area contributed by atoms with Crippen LogP contribution in [0, 0.1) is 13.8 Å². The molecule has 3 rings (SSSR count). The molecule has 0 saturated heterocycles. The lowest BCUT2D eigenvalue weighted by molar-refractivity contribution is 0.112. The van der Waals surface area contributed by atoms with Gasteiger partial charge in [0.15, 0.2) is 6.29 Å². The molecule has 3 aromatic carbocycles. The molecule has 1 N–H and O–H groups in total. The fraction of sp³-hybridized carbons (Fsp3) is 0.105. The fourth-order valence-electron chi connectivity index (χ4n) is 2.61. The van der Waals surface area contributed by atoms with Crippen molar-refractivity contribution in [3.63, 3.8) is 0 Å². The van der Waals surface area contributed by atoms with Crippen molar-refractivity contribution in [3.8, 4) is 16.9 Å². The molecule has 104 valence electrons. The average Bonchev–Trinajstić information content (AvgIpc) is 2.49. The lowest BCUT2D eigenvalue weighted by atomic mass is 9.93. The smallest absolute Gasteiger partial charge is 0.153 e. The molecule has 0 unspecified atom stereocenters. The van der Waals surface area contributed by atoms with Gasteiger partial charge in [0.2, 0.25) is 0 Å². The Morgan fingerprint density at radius 2 is 1.52 bits per heavy atom. The zero-order valence-corrected chi connectivity index (χ0v) is 12.1. The number of fused-ring (bicyclic) bond motifs is 1. The number of phenolic OH excluding ortho intramolecular Hbond substituents is 1. The van der Waals surface area contributed by atoms with Crippen molar-refractivity contribution in [1.29, 1.82) is 0 Å². The van der Waals surface area contributed by atoms with Gasteiger partial charge in [0.25, 0.3) is 0 Å². The minimum Gasteiger partial charge on any atom is -0.507 e. The summed E-state index contributed by atoms with van der Waals surface area (Å²) in [6.07, 6.45) is 0.703. The standard InChI is InChI=1S/C19H16O2/c1-12-3-6-14(7-4-12)17-10-15(11-20)19(21)18-9-13(2)5-8-16(17)18/h3-11,21H,1-2H3. The van der Waals surface area contributed by atoms with Gasteiger partial charge >= 0.3 is 0 Å². The molecule has 0 aliphatic carbocycles. The van der Waals surface area contributed by atoms with E-state index in [2.05, 4.69) is 0 Å². The van der Waals surface area contributed by atoms with Crippen molar-refractivity contribution in [2.75, 3.05) is 0 Å². The molecule has 0 spiro atoms. The molecule has 3 aromatic rings. The number of rotatable bonds is 2. The maximum Gasteiger partial charge on any atom is 0.153 e. The van der Waals surface area contributed by atoms with E-state index >= 15 is 0 Å². The summed E-state index contributed by atoms with van der Waals surface area (Å²) in [4.78, 5) is 11.2. The van der Waals surface area contributed by atoms with Crippen LogP contribution >= 0.6 is 0 Å². The number of phenols is 1. The van der Waals surface area contributed by atoms with E-state index in [1.165, 1.54) is 5.56 Å². The molecule has 0 aliphatic heterocycles. The summed E-state index contributed by atoms with van der Waals surface area (Å²) in [6.45, 7) is 4.01. The van der Waals surface area contributed by atoms with Crippen molar-refractivity contribution in [2.45, 2.75) is 13.8 Å². The first kappa shape index (κ1) is 13.4. The van der Waals surface area contributed by atoms with E-state index in [1.807, 2.05) is 56.3 Å². The van der Waals surface area contributed by atoms with E-state index < -0.39 is 0 Å². The van der Waals surface area contributed by atoms with Gasteiger partial charge in [-0.2, -0.15) is 0 Å². The van der Waals surface area contributed by atoms with Crippen molar-refractivity contribution < 1.29 is 9.90 Å². The van der Waals surface area contributed by atoms with Crippen molar-refractivity contribution in [1.82, 2.24) is 0 Å². The summed E-state index contributed by atoms with van der Waals surface area (Å²) in [5, 5.41) is 11.9. The van der Waals surface area contributed by atoms with Crippen molar-refractivity contribution >= 4 is 17.1 Å². The van der Waals surface area contributed by atoms with Crippen LogP contribution in [0.4, 0.5) is 0 Å². The second-order valence-corrected chi connectivity index (χ2v) is 5.39. The largest absolute Gasteiger partial charge is 0.507 e. The summed E-state index contributed by atoms with van der Waals surface area (Å²) < 4.78 is 0. The predicted octanol–water partition coefficient (Wildman–Crippen LogP) is 4.64. The summed E-state index contributed by atoms with van der Waals surface area (Å²) in [5.41, 5.74) is 4.56. The molecule has 2 nitrogen and oxygen atoms in total. The van der Waals surface area contributed by atoms with Gasteiger partial charge in [-0.1, -0.05) is 47.5 Å². The highest BCUT2D eigenvalue weighted by Crippen LogP contribution is 2.36. The Morgan fingerprint density at radius 3 is 2.19 bits per heavy atom. The van der Waals surface area contributed by atoms with E-state index in [-0.39, 0.29) is 5.75 Å². The highest BCUT2D eigenvalue weighted by atomic mass is 16.3. The second-order valence-electron chi connectivity index (χ2n) is 5.39. The lowest BCUT2D eigenvalue weighted by Crippen LogP contribution is -1.89. The highest BCUT2D eigenvalue weighted by Gasteiger charge is 2.12. The molecule has 0 aromatic heterocycles. The average molecular weight is 276 g/mol. The van der Waals surface area contributed by atoms with Crippen LogP contribution in [0.3, 0.4) is 0 Å². The summed E-state index contributed by atoms with van der Waals surface area (Å²) in [5.74, 6) is 0.0551. The molecule has 21 heavy (non-hydrogen) atoms. The third-order valence-corrected chi connectivity index (χ3v) is 3.78. The molecular weight excluding hydrogens is 260 g/mol. The molecular formula is C19H16O2. The number of hydrogen-bond acceptors (Lipinski definition) is 2. The van der Waals surface area contributed by atoms with E-state index in [9.17, 15) is 9.90 Å². The first-order chi connectivity index (χ1) is 10.1. The first-order valence-corrected chi connectivity index (χ1v) is 6.88. The Hall–Kier alpha value is -2.61. The minimum atomic E-state index is 0.0551. The van der Waals surface area contributed by atoms with Gasteiger partial charge in [-0.05, 0) is 42.5 Å². The van der Waals surface area contributed by atoms with Crippen LogP contribution in [0.5, 0.6) is 5.75 Å². The van der Waals surface area contributed by atoms with Crippen LogP contribution in [0.2, 0.25) is 0 Å². The Morgan fingerprint density at radius 1 is 0.857 bits per heavy atom. The van der Waals surface area contributed by atoms with E-state index in [0.29, 0.717) is 11.8 Å². The zero-order valence-electron chi connectivity index (χ0n) is 12.1. The Bertz CT molecular complexity index is 830. The normalized spacial score (nSPS) is 10.8. The van der Waals surface area contributed by atoms with E-state index in [4.69, 9.17) is 0 Å². The molecule has 0 bridgehead atoms. The molecule has 0 fully saturated rings. The number of aryl methyl sites for hydroxylation is 2. The third-order valence-electron chi connectivity index (χ3n) is 3.78. The molecule has 0 amide bonds. The number of aromatic hydroxyl groups is 1. The van der Waals surface area contributed by atoms with Gasteiger partial charge < -0.3 is 5.11 Å². The molecule has 0 atom stereocenters. The lowest BCUT2D eigenvalue weighted by Gasteiger charge is -2.12. The summed E-state index contributed by atoms with van der Waals surface area (Å²) >= 11 is 0. The second kappa shape index (κ2) is 5.06. The molecule has 0 saturated carbocycles. The number of carbonyl (C=O) groups is 1. The minimum absolute atomic E-state index is 0.0551. The van der Waals surface area contributed by atoms with Crippen LogP contribution in [0.15, 0.2) is 48.5 Å². The summed E-state index contributed by atoms with van der Waals surface area (Å²) in [6, 6.07) is 15.8. The Kier molecular flexibility index (Phi) is 3.22. The van der Waals surface area contributed by atoms with Crippen LogP contribution in [0.1, 0.15) is 21.5 Å². The third kappa shape index (κ3) is 2.29. The number of benzene rings is 3. The maximum atomic E-state index is 11.2. The Balaban J connectivity index is 2.38. The Labute approximate surface area is 123 Å². The van der Waals surface area contributed by atoms with Crippen LogP contribution < -0.4 is 0 Å². The van der Waals surface area contributed by atoms with Crippen LogP contribution in [0.25, 0.3) is 21.9 Å². The first-order valence-electron chi connectivity index (χ1n) is 6.88. The van der Waals surface area contributed by atoms with Gasteiger partial charge in [-0.3, -0.25) is 4.79 Å². The van der Waals surface area contributed by atoms with Crippen molar-refractivity contribution in [3.05, 3.63) is 65.2 Å². The fourth-order valence-corrected chi connectivity index (χ4v) is 2.61. The quantitative estimate of drug-likeness (QED) is 0.692. The van der Waals surface area contributed by atoms with Gasteiger partial charge in [0, 0.05) is 5.39 Å². The van der Waals surface area contributed by atoms with Gasteiger partial charge in [-0.15, -0.1) is 0 Å². The topological polar surface area (TPSA) is 37.3 Å². The molecule has 0 heterocycles.